The second-order valence-corrected chi connectivity index (χ2v) is 7.89. The van der Waals surface area contributed by atoms with Gasteiger partial charge in [-0.15, -0.1) is 0 Å². The highest BCUT2D eigenvalue weighted by Gasteiger charge is 2.22. The smallest absolute Gasteiger partial charge is 0.241 e. The molecule has 0 bridgehead atoms. The van der Waals surface area contributed by atoms with Gasteiger partial charge in [0, 0.05) is 6.04 Å². The van der Waals surface area contributed by atoms with Crippen LogP contribution in [0.3, 0.4) is 0 Å². The monoisotopic (exact) mass is 347 g/mol. The highest BCUT2D eigenvalue weighted by molar-refractivity contribution is 7.89. The molecular formula is C19H25NO3S. The van der Waals surface area contributed by atoms with E-state index < -0.39 is 10.0 Å². The molecule has 2 rings (SSSR count). The Balaban J connectivity index is 2.34. The number of benzene rings is 2. The number of sulfonamides is 1. The molecule has 0 radical (unpaired) electrons. The third-order valence-corrected chi connectivity index (χ3v) is 6.25. The largest absolute Gasteiger partial charge is 0.496 e. The number of nitrogens with one attached hydrogen (secondary N) is 1. The Hall–Kier alpha value is -1.85. The van der Waals surface area contributed by atoms with Crippen LogP contribution >= 0.6 is 0 Å². The SMILES string of the molecule is COc1ccc(S(=O)(=O)N[C@H](C)c2ccc(C)c(C)c2)c(C)c1C. The van der Waals surface area contributed by atoms with Crippen LogP contribution in [0, 0.1) is 27.7 Å². The topological polar surface area (TPSA) is 55.4 Å². The molecule has 0 amide bonds. The van der Waals surface area contributed by atoms with Crippen LogP contribution in [0.15, 0.2) is 35.2 Å². The molecule has 2 aromatic carbocycles. The molecule has 130 valence electrons. The number of rotatable bonds is 5. The van der Waals surface area contributed by atoms with Crippen molar-refractivity contribution < 1.29 is 13.2 Å². The number of aryl methyl sites for hydroxylation is 2. The third kappa shape index (κ3) is 3.62. The van der Waals surface area contributed by atoms with Gasteiger partial charge in [0.1, 0.15) is 5.75 Å². The van der Waals surface area contributed by atoms with Crippen molar-refractivity contribution in [1.29, 1.82) is 0 Å². The molecule has 0 aliphatic rings. The van der Waals surface area contributed by atoms with Crippen molar-refractivity contribution in [3.63, 3.8) is 0 Å². The fourth-order valence-corrected chi connectivity index (χ4v) is 4.21. The van der Waals surface area contributed by atoms with E-state index in [1.807, 2.05) is 45.9 Å². The third-order valence-electron chi connectivity index (χ3n) is 4.56. The standard InChI is InChI=1S/C19H25NO3S/c1-12-7-8-17(11-13(12)2)16(5)20-24(21,22)19-10-9-18(23-6)14(3)15(19)4/h7-11,16,20H,1-6H3/t16-/m1/s1. The molecule has 0 unspecified atom stereocenters. The Morgan fingerprint density at radius 2 is 1.62 bits per heavy atom. The molecule has 4 nitrogen and oxygen atoms in total. The van der Waals surface area contributed by atoms with Crippen LogP contribution in [0.5, 0.6) is 5.75 Å². The summed E-state index contributed by atoms with van der Waals surface area (Å²) in [4.78, 5) is 0.288. The molecule has 0 heterocycles. The van der Waals surface area contributed by atoms with E-state index in [9.17, 15) is 8.42 Å². The molecular weight excluding hydrogens is 322 g/mol. The summed E-state index contributed by atoms with van der Waals surface area (Å²) in [6.45, 7) is 9.58. The first kappa shape index (κ1) is 18.5. The molecule has 2 aromatic rings. The Labute approximate surface area is 144 Å². The van der Waals surface area contributed by atoms with Crippen LogP contribution in [-0.4, -0.2) is 15.5 Å². The zero-order valence-corrected chi connectivity index (χ0v) is 15.9. The summed E-state index contributed by atoms with van der Waals surface area (Å²) in [5.41, 5.74) is 4.82. The predicted octanol–water partition coefficient (Wildman–Crippen LogP) is 3.97. The summed E-state index contributed by atoms with van der Waals surface area (Å²) in [6.07, 6.45) is 0. The van der Waals surface area contributed by atoms with Crippen LogP contribution < -0.4 is 9.46 Å². The van der Waals surface area contributed by atoms with Gasteiger partial charge < -0.3 is 4.74 Å². The Bertz CT molecular complexity index is 857. The fourth-order valence-electron chi connectivity index (χ4n) is 2.68. The van der Waals surface area contributed by atoms with Crippen molar-refractivity contribution in [2.24, 2.45) is 0 Å². The van der Waals surface area contributed by atoms with E-state index in [1.54, 1.807) is 26.2 Å². The lowest BCUT2D eigenvalue weighted by molar-refractivity contribution is 0.410. The van der Waals surface area contributed by atoms with Crippen LogP contribution in [0.25, 0.3) is 0 Å². The Morgan fingerprint density at radius 1 is 0.958 bits per heavy atom. The van der Waals surface area contributed by atoms with Crippen molar-refractivity contribution in [2.45, 2.75) is 45.6 Å². The Kier molecular flexibility index (Phi) is 5.35. The van der Waals surface area contributed by atoms with E-state index in [1.165, 1.54) is 5.56 Å². The molecule has 0 saturated carbocycles. The summed E-state index contributed by atoms with van der Waals surface area (Å²) in [5, 5.41) is 0. The summed E-state index contributed by atoms with van der Waals surface area (Å²) in [6, 6.07) is 8.97. The van der Waals surface area contributed by atoms with Gasteiger partial charge in [-0.3, -0.25) is 0 Å². The average molecular weight is 347 g/mol. The van der Waals surface area contributed by atoms with Gasteiger partial charge in [0.2, 0.25) is 10.0 Å². The van der Waals surface area contributed by atoms with Crippen molar-refractivity contribution in [3.8, 4) is 5.75 Å². The quantitative estimate of drug-likeness (QED) is 0.890. The zero-order valence-electron chi connectivity index (χ0n) is 15.1. The minimum Gasteiger partial charge on any atom is -0.496 e. The van der Waals surface area contributed by atoms with Crippen LogP contribution in [-0.2, 0) is 10.0 Å². The van der Waals surface area contributed by atoms with E-state index >= 15 is 0 Å². The van der Waals surface area contributed by atoms with Crippen molar-refractivity contribution in [2.75, 3.05) is 7.11 Å². The van der Waals surface area contributed by atoms with Gasteiger partial charge in [0.25, 0.3) is 0 Å². The molecule has 0 aliphatic carbocycles. The van der Waals surface area contributed by atoms with Gasteiger partial charge in [-0.05, 0) is 74.6 Å². The van der Waals surface area contributed by atoms with Crippen LogP contribution in [0.1, 0.15) is 40.8 Å². The second kappa shape index (κ2) is 6.95. The summed E-state index contributed by atoms with van der Waals surface area (Å²) in [5.74, 6) is 0.689. The molecule has 5 heteroatoms. The molecule has 24 heavy (non-hydrogen) atoms. The van der Waals surface area contributed by atoms with E-state index in [0.717, 1.165) is 16.7 Å². The van der Waals surface area contributed by atoms with E-state index in [2.05, 4.69) is 4.72 Å². The van der Waals surface area contributed by atoms with Gasteiger partial charge in [-0.25, -0.2) is 13.1 Å². The highest BCUT2D eigenvalue weighted by atomic mass is 32.2. The molecule has 0 aromatic heterocycles. The van der Waals surface area contributed by atoms with Crippen molar-refractivity contribution >= 4 is 10.0 Å². The first-order valence-corrected chi connectivity index (χ1v) is 9.39. The lowest BCUT2D eigenvalue weighted by atomic mass is 10.0. The summed E-state index contributed by atoms with van der Waals surface area (Å²) in [7, 11) is -2.03. The van der Waals surface area contributed by atoms with Crippen molar-refractivity contribution in [1.82, 2.24) is 4.72 Å². The predicted molar refractivity (Wildman–Crippen MR) is 97.1 cm³/mol. The van der Waals surface area contributed by atoms with Gasteiger partial charge in [-0.2, -0.15) is 0 Å². The molecule has 0 spiro atoms. The molecule has 1 N–H and O–H groups in total. The molecule has 0 aliphatic heterocycles. The van der Waals surface area contributed by atoms with E-state index in [4.69, 9.17) is 4.74 Å². The summed E-state index contributed by atoms with van der Waals surface area (Å²) >= 11 is 0. The minimum atomic E-state index is -3.61. The average Bonchev–Trinajstić information content (AvgIpc) is 2.51. The first-order valence-electron chi connectivity index (χ1n) is 7.91. The highest BCUT2D eigenvalue weighted by Crippen LogP contribution is 2.28. The maximum absolute atomic E-state index is 12.8. The molecule has 1 atom stereocenters. The van der Waals surface area contributed by atoms with E-state index in [0.29, 0.717) is 11.3 Å². The van der Waals surface area contributed by atoms with Gasteiger partial charge >= 0.3 is 0 Å². The number of hydrogen-bond acceptors (Lipinski definition) is 3. The maximum Gasteiger partial charge on any atom is 0.241 e. The lowest BCUT2D eigenvalue weighted by Gasteiger charge is -2.18. The zero-order chi connectivity index (χ0) is 18.1. The number of ether oxygens (including phenoxy) is 1. The van der Waals surface area contributed by atoms with Gasteiger partial charge in [-0.1, -0.05) is 18.2 Å². The maximum atomic E-state index is 12.8. The van der Waals surface area contributed by atoms with Gasteiger partial charge in [0.05, 0.1) is 12.0 Å². The number of methoxy groups -OCH3 is 1. The first-order chi connectivity index (χ1) is 11.2. The fraction of sp³-hybridized carbons (Fsp3) is 0.368. The van der Waals surface area contributed by atoms with E-state index in [-0.39, 0.29) is 10.9 Å². The van der Waals surface area contributed by atoms with Crippen LogP contribution in [0.4, 0.5) is 0 Å². The van der Waals surface area contributed by atoms with Crippen molar-refractivity contribution in [3.05, 3.63) is 58.1 Å². The molecule has 0 fully saturated rings. The molecule has 0 saturated heterocycles. The summed E-state index contributed by atoms with van der Waals surface area (Å²) < 4.78 is 33.6. The normalized spacial score (nSPS) is 12.9. The lowest BCUT2D eigenvalue weighted by Crippen LogP contribution is -2.27. The second-order valence-electron chi connectivity index (χ2n) is 6.20. The minimum absolute atomic E-state index is 0.288. The van der Waals surface area contributed by atoms with Gasteiger partial charge in [0.15, 0.2) is 0 Å². The number of hydrogen-bond donors (Lipinski definition) is 1. The Morgan fingerprint density at radius 3 is 2.21 bits per heavy atom. The van der Waals surface area contributed by atoms with Crippen LogP contribution in [0.2, 0.25) is 0 Å².